The minimum Gasteiger partial charge on any atom is -0.493 e. The van der Waals surface area contributed by atoms with E-state index in [1.807, 2.05) is 24.3 Å². The normalized spacial score (nSPS) is 19.8. The molecule has 1 aromatic carbocycles. The van der Waals surface area contributed by atoms with E-state index in [-0.39, 0.29) is 6.04 Å². The van der Waals surface area contributed by atoms with E-state index < -0.39 is 0 Å². The Morgan fingerprint density at radius 1 is 1.46 bits per heavy atom. The van der Waals surface area contributed by atoms with Crippen LogP contribution in [0.1, 0.15) is 18.0 Å². The molecule has 3 nitrogen and oxygen atoms in total. The van der Waals surface area contributed by atoms with E-state index in [1.54, 1.807) is 0 Å². The lowest BCUT2D eigenvalue weighted by molar-refractivity contribution is -0.110. The van der Waals surface area contributed by atoms with Gasteiger partial charge in [0.15, 0.2) is 0 Å². The van der Waals surface area contributed by atoms with Crippen molar-refractivity contribution in [3.63, 3.8) is 0 Å². The molecule has 1 atom stereocenters. The number of fused-ring (bicyclic) bond motifs is 1. The summed E-state index contributed by atoms with van der Waals surface area (Å²) in [5, 5.41) is 2.78. The molecule has 0 unspecified atom stereocenters. The van der Waals surface area contributed by atoms with Crippen LogP contribution in [-0.2, 0) is 4.79 Å². The molecule has 0 aliphatic carbocycles. The first-order chi connectivity index (χ1) is 6.42. The Bertz CT molecular complexity index is 312. The summed E-state index contributed by atoms with van der Waals surface area (Å²) >= 11 is 0. The molecule has 13 heavy (non-hydrogen) atoms. The van der Waals surface area contributed by atoms with Crippen molar-refractivity contribution in [2.24, 2.45) is 0 Å². The topological polar surface area (TPSA) is 38.3 Å². The van der Waals surface area contributed by atoms with Gasteiger partial charge in [0.05, 0.1) is 12.6 Å². The molecule has 68 valence electrons. The van der Waals surface area contributed by atoms with Crippen LogP contribution in [0.4, 0.5) is 0 Å². The molecule has 0 fully saturated rings. The van der Waals surface area contributed by atoms with Gasteiger partial charge in [-0.25, -0.2) is 0 Å². The highest BCUT2D eigenvalue weighted by molar-refractivity contribution is 5.49. The number of rotatable bonds is 2. The Morgan fingerprint density at radius 3 is 3.15 bits per heavy atom. The number of carbonyl (C=O) groups excluding carboxylic acids is 1. The van der Waals surface area contributed by atoms with Gasteiger partial charge in [-0.15, -0.1) is 0 Å². The quantitative estimate of drug-likeness (QED) is 0.690. The summed E-state index contributed by atoms with van der Waals surface area (Å²) in [4.78, 5) is 10.3. The van der Waals surface area contributed by atoms with Crippen LogP contribution in [0.5, 0.6) is 5.75 Å². The Kier molecular flexibility index (Phi) is 2.17. The molecule has 2 rings (SSSR count). The number of carbonyl (C=O) groups is 1. The fourth-order valence-corrected chi connectivity index (χ4v) is 1.60. The fraction of sp³-hybridized carbons (Fsp3) is 0.300. The van der Waals surface area contributed by atoms with Crippen molar-refractivity contribution < 1.29 is 9.53 Å². The van der Waals surface area contributed by atoms with E-state index in [9.17, 15) is 4.79 Å². The summed E-state index contributed by atoms with van der Waals surface area (Å²) in [7, 11) is 0. The van der Waals surface area contributed by atoms with Crippen LogP contribution in [0.3, 0.4) is 0 Å². The zero-order chi connectivity index (χ0) is 9.10. The van der Waals surface area contributed by atoms with Crippen molar-refractivity contribution in [3.8, 4) is 5.75 Å². The molecular weight excluding hydrogens is 166 g/mol. The van der Waals surface area contributed by atoms with E-state index in [0.717, 1.165) is 24.1 Å². The number of benzene rings is 1. The lowest BCUT2D eigenvalue weighted by atomic mass is 10.0. The maximum Gasteiger partial charge on any atom is 0.207 e. The van der Waals surface area contributed by atoms with Crippen molar-refractivity contribution >= 4 is 6.41 Å². The molecule has 0 aromatic heterocycles. The maximum atomic E-state index is 10.3. The van der Waals surface area contributed by atoms with E-state index in [2.05, 4.69) is 5.32 Å². The highest BCUT2D eigenvalue weighted by atomic mass is 16.5. The van der Waals surface area contributed by atoms with Gasteiger partial charge in [-0.2, -0.15) is 0 Å². The van der Waals surface area contributed by atoms with Crippen molar-refractivity contribution in [1.82, 2.24) is 5.32 Å². The average Bonchev–Trinajstić information content (AvgIpc) is 2.19. The van der Waals surface area contributed by atoms with Gasteiger partial charge in [0.2, 0.25) is 6.41 Å². The lowest BCUT2D eigenvalue weighted by Gasteiger charge is -2.24. The average molecular weight is 177 g/mol. The van der Waals surface area contributed by atoms with Gasteiger partial charge in [-0.05, 0) is 6.07 Å². The zero-order valence-corrected chi connectivity index (χ0v) is 7.19. The van der Waals surface area contributed by atoms with Gasteiger partial charge in [0.25, 0.3) is 0 Å². The molecule has 3 heteroatoms. The number of amides is 1. The molecule has 0 radical (unpaired) electrons. The van der Waals surface area contributed by atoms with Gasteiger partial charge < -0.3 is 10.1 Å². The summed E-state index contributed by atoms with van der Waals surface area (Å²) in [6, 6.07) is 7.90. The third kappa shape index (κ3) is 1.49. The van der Waals surface area contributed by atoms with Gasteiger partial charge in [-0.1, -0.05) is 18.2 Å². The first-order valence-electron chi connectivity index (χ1n) is 4.33. The molecule has 1 aromatic rings. The lowest BCUT2D eigenvalue weighted by Crippen LogP contribution is -2.25. The smallest absolute Gasteiger partial charge is 0.207 e. The van der Waals surface area contributed by atoms with Crippen molar-refractivity contribution in [3.05, 3.63) is 29.8 Å². The summed E-state index contributed by atoms with van der Waals surface area (Å²) in [6.45, 7) is 0.669. The van der Waals surface area contributed by atoms with Crippen molar-refractivity contribution in [1.29, 1.82) is 0 Å². The second-order valence-corrected chi connectivity index (χ2v) is 3.01. The summed E-state index contributed by atoms with van der Waals surface area (Å²) < 4.78 is 5.44. The van der Waals surface area contributed by atoms with E-state index >= 15 is 0 Å². The first-order valence-corrected chi connectivity index (χ1v) is 4.33. The number of hydrogen-bond acceptors (Lipinski definition) is 2. The number of nitrogens with one attached hydrogen (secondary N) is 1. The van der Waals surface area contributed by atoms with Gasteiger partial charge in [0.1, 0.15) is 5.75 Å². The summed E-state index contributed by atoms with van der Waals surface area (Å²) in [5.74, 6) is 0.883. The Hall–Kier alpha value is -1.51. The van der Waals surface area contributed by atoms with Crippen LogP contribution in [0.2, 0.25) is 0 Å². The van der Waals surface area contributed by atoms with Crippen LogP contribution in [0.15, 0.2) is 24.3 Å². The molecule has 1 heterocycles. The van der Waals surface area contributed by atoms with Crippen molar-refractivity contribution in [2.45, 2.75) is 12.5 Å². The highest BCUT2D eigenvalue weighted by Crippen LogP contribution is 2.30. The Balaban J connectivity index is 2.31. The first kappa shape index (κ1) is 8.10. The Labute approximate surface area is 76.7 Å². The van der Waals surface area contributed by atoms with Crippen LogP contribution in [0, 0.1) is 0 Å². The zero-order valence-electron chi connectivity index (χ0n) is 7.19. The second kappa shape index (κ2) is 3.47. The van der Waals surface area contributed by atoms with Crippen molar-refractivity contribution in [2.75, 3.05) is 6.61 Å². The molecule has 1 amide bonds. The number of para-hydroxylation sites is 1. The second-order valence-electron chi connectivity index (χ2n) is 3.01. The molecule has 0 saturated heterocycles. The predicted molar refractivity (Wildman–Crippen MR) is 48.5 cm³/mol. The fourth-order valence-electron chi connectivity index (χ4n) is 1.60. The van der Waals surface area contributed by atoms with E-state index in [1.165, 1.54) is 0 Å². The molecule has 0 bridgehead atoms. The molecule has 1 aliphatic rings. The minimum atomic E-state index is 0.113. The SMILES string of the molecule is O=CN[C@H]1CCOc2ccccc21. The third-order valence-electron chi connectivity index (χ3n) is 2.23. The molecular formula is C10H11NO2. The van der Waals surface area contributed by atoms with Crippen LogP contribution >= 0.6 is 0 Å². The molecule has 0 saturated carbocycles. The monoisotopic (exact) mass is 177 g/mol. The van der Waals surface area contributed by atoms with Gasteiger partial charge in [-0.3, -0.25) is 4.79 Å². The standard InChI is InChI=1S/C10H11NO2/c12-7-11-9-5-6-13-10-4-2-1-3-8(9)10/h1-4,7,9H,5-6H2,(H,11,12)/t9-/m0/s1. The summed E-state index contributed by atoms with van der Waals surface area (Å²) in [6.07, 6.45) is 1.59. The molecule has 1 aliphatic heterocycles. The van der Waals surface area contributed by atoms with E-state index in [0.29, 0.717) is 6.61 Å². The number of hydrogen-bond donors (Lipinski definition) is 1. The van der Waals surface area contributed by atoms with Crippen LogP contribution in [0.25, 0.3) is 0 Å². The third-order valence-corrected chi connectivity index (χ3v) is 2.23. The van der Waals surface area contributed by atoms with Gasteiger partial charge >= 0.3 is 0 Å². The predicted octanol–water partition coefficient (Wildman–Crippen LogP) is 1.26. The van der Waals surface area contributed by atoms with Gasteiger partial charge in [0, 0.05) is 12.0 Å². The minimum absolute atomic E-state index is 0.113. The molecule has 0 spiro atoms. The summed E-state index contributed by atoms with van der Waals surface area (Å²) in [5.41, 5.74) is 1.07. The van der Waals surface area contributed by atoms with Crippen LogP contribution < -0.4 is 10.1 Å². The number of ether oxygens (including phenoxy) is 1. The highest BCUT2D eigenvalue weighted by Gasteiger charge is 2.19. The van der Waals surface area contributed by atoms with E-state index in [4.69, 9.17) is 4.74 Å². The maximum absolute atomic E-state index is 10.3. The largest absolute Gasteiger partial charge is 0.493 e. The molecule has 1 N–H and O–H groups in total. The van der Waals surface area contributed by atoms with Crippen LogP contribution in [-0.4, -0.2) is 13.0 Å². The Morgan fingerprint density at radius 2 is 2.31 bits per heavy atom.